The average Bonchev–Trinajstić information content (AvgIpc) is 3.23. The highest BCUT2D eigenvalue weighted by atomic mass is 32.2. The summed E-state index contributed by atoms with van der Waals surface area (Å²) in [7, 11) is -3.90. The number of thiophene rings is 1. The number of hydrogen-bond acceptors (Lipinski definition) is 6. The Morgan fingerprint density at radius 1 is 1.03 bits per heavy atom. The van der Waals surface area contributed by atoms with Gasteiger partial charge in [-0.15, -0.1) is 11.3 Å². The molecule has 30 heavy (non-hydrogen) atoms. The summed E-state index contributed by atoms with van der Waals surface area (Å²) in [6.07, 6.45) is -3.77. The van der Waals surface area contributed by atoms with E-state index < -0.39 is 27.7 Å². The minimum Gasteiger partial charge on any atom is -0.857 e. The molecule has 0 unspecified atom stereocenters. The summed E-state index contributed by atoms with van der Waals surface area (Å²) in [5.74, 6) is -0.916. The van der Waals surface area contributed by atoms with Crippen molar-refractivity contribution in [1.29, 1.82) is 0 Å². The lowest BCUT2D eigenvalue weighted by atomic mass is 10.1. The highest BCUT2D eigenvalue weighted by molar-refractivity contribution is 7.94. The molecule has 3 rings (SSSR count). The van der Waals surface area contributed by atoms with Crippen LogP contribution in [0.2, 0.25) is 0 Å². The lowest BCUT2D eigenvalue weighted by molar-refractivity contribution is -0.213. The Bertz CT molecular complexity index is 1190. The first-order chi connectivity index (χ1) is 14.2. The molecular formula is C19H13F3N3O3S2-. The Labute approximate surface area is 174 Å². The van der Waals surface area contributed by atoms with Gasteiger partial charge in [-0.25, -0.2) is 8.42 Å². The summed E-state index contributed by atoms with van der Waals surface area (Å²) in [5.41, 5.74) is -1.29. The van der Waals surface area contributed by atoms with Crippen LogP contribution in [0.5, 0.6) is 0 Å². The summed E-state index contributed by atoms with van der Waals surface area (Å²) in [6.45, 7) is 0. The standard InChI is InChI=1S/C19H14F3N3O3S2/c20-19(21,22)15-8-3-1-6-13(15)12-23-24-18(26)14-7-2-4-9-16(14)25-30(27,28)17-10-5-11-29-17/h1-12,25H,(H,24,26)/p-1/b23-12-. The second kappa shape index (κ2) is 8.67. The van der Waals surface area contributed by atoms with Crippen molar-refractivity contribution in [1.82, 2.24) is 0 Å². The summed E-state index contributed by atoms with van der Waals surface area (Å²) in [6, 6.07) is 13.4. The van der Waals surface area contributed by atoms with Crippen LogP contribution >= 0.6 is 11.3 Å². The molecule has 0 saturated heterocycles. The van der Waals surface area contributed by atoms with Gasteiger partial charge in [0.25, 0.3) is 10.0 Å². The minimum atomic E-state index is -4.58. The van der Waals surface area contributed by atoms with E-state index in [1.165, 1.54) is 48.5 Å². The molecular weight excluding hydrogens is 439 g/mol. The van der Waals surface area contributed by atoms with Crippen molar-refractivity contribution in [2.45, 2.75) is 10.4 Å². The largest absolute Gasteiger partial charge is 0.857 e. The normalized spacial score (nSPS) is 13.0. The Morgan fingerprint density at radius 3 is 2.43 bits per heavy atom. The van der Waals surface area contributed by atoms with Crippen LogP contribution in [0.15, 0.2) is 80.5 Å². The Balaban J connectivity index is 1.87. The van der Waals surface area contributed by atoms with Gasteiger partial charge in [0.05, 0.1) is 17.5 Å². The molecule has 0 fully saturated rings. The number of rotatable bonds is 6. The molecule has 2 aromatic carbocycles. The number of halogens is 3. The third kappa shape index (κ3) is 5.05. The van der Waals surface area contributed by atoms with Crippen molar-refractivity contribution in [2.75, 3.05) is 4.72 Å². The molecule has 1 N–H and O–H groups in total. The van der Waals surface area contributed by atoms with Gasteiger partial charge in [-0.1, -0.05) is 42.5 Å². The van der Waals surface area contributed by atoms with E-state index in [-0.39, 0.29) is 21.0 Å². The Hall–Kier alpha value is -3.18. The summed E-state index contributed by atoms with van der Waals surface area (Å²) >= 11 is 1.00. The van der Waals surface area contributed by atoms with Gasteiger partial charge in [0.2, 0.25) is 0 Å². The van der Waals surface area contributed by atoms with E-state index in [9.17, 15) is 26.7 Å². The smallest absolute Gasteiger partial charge is 0.417 e. The van der Waals surface area contributed by atoms with Crippen molar-refractivity contribution in [3.63, 3.8) is 0 Å². The molecule has 11 heteroatoms. The number of benzene rings is 2. The van der Waals surface area contributed by atoms with E-state index in [2.05, 4.69) is 14.9 Å². The molecule has 0 radical (unpaired) electrons. The predicted octanol–water partition coefficient (Wildman–Crippen LogP) is 3.71. The van der Waals surface area contributed by atoms with Crippen LogP contribution in [0.3, 0.4) is 0 Å². The summed E-state index contributed by atoms with van der Waals surface area (Å²) in [5, 5.41) is 20.8. The SMILES string of the molecule is O=S(=O)(Nc1ccccc1C([O-])=N/N=C\c1ccccc1C(F)(F)F)c1cccs1. The van der Waals surface area contributed by atoms with Gasteiger partial charge >= 0.3 is 6.18 Å². The minimum absolute atomic E-state index is 0.0226. The molecule has 0 saturated carbocycles. The number of nitrogens with zero attached hydrogens (tertiary/aromatic N) is 2. The van der Waals surface area contributed by atoms with Gasteiger partial charge in [-0.05, 0) is 23.6 Å². The zero-order chi connectivity index (χ0) is 21.8. The first-order valence-corrected chi connectivity index (χ1v) is 10.6. The molecule has 6 nitrogen and oxygen atoms in total. The number of sulfonamides is 1. The van der Waals surface area contributed by atoms with Gasteiger partial charge in [0, 0.05) is 17.0 Å². The topological polar surface area (TPSA) is 94.0 Å². The third-order valence-electron chi connectivity index (χ3n) is 3.77. The molecule has 3 aromatic rings. The lowest BCUT2D eigenvalue weighted by Crippen LogP contribution is -2.22. The monoisotopic (exact) mass is 452 g/mol. The van der Waals surface area contributed by atoms with E-state index in [4.69, 9.17) is 0 Å². The second-order valence-corrected chi connectivity index (χ2v) is 8.67. The van der Waals surface area contributed by atoms with Crippen molar-refractivity contribution in [3.8, 4) is 0 Å². The molecule has 156 valence electrons. The first kappa shape index (κ1) is 21.5. The maximum absolute atomic E-state index is 13.0. The van der Waals surface area contributed by atoms with Gasteiger partial charge in [-0.3, -0.25) is 4.72 Å². The van der Waals surface area contributed by atoms with Crippen molar-refractivity contribution < 1.29 is 26.7 Å². The van der Waals surface area contributed by atoms with Crippen LogP contribution in [0.4, 0.5) is 18.9 Å². The maximum atomic E-state index is 13.0. The molecule has 0 aliphatic carbocycles. The van der Waals surface area contributed by atoms with E-state index in [0.29, 0.717) is 0 Å². The second-order valence-electron chi connectivity index (χ2n) is 5.82. The summed E-state index contributed by atoms with van der Waals surface area (Å²) < 4.78 is 66.2. The fourth-order valence-corrected chi connectivity index (χ4v) is 4.51. The van der Waals surface area contributed by atoms with Crippen LogP contribution in [0, 0.1) is 0 Å². The number of hydrogen-bond donors (Lipinski definition) is 1. The van der Waals surface area contributed by atoms with Crippen molar-refractivity contribution in [2.24, 2.45) is 10.2 Å². The number of alkyl halides is 3. The fourth-order valence-electron chi connectivity index (χ4n) is 2.44. The molecule has 0 aliphatic heterocycles. The van der Waals surface area contributed by atoms with Crippen molar-refractivity contribution in [3.05, 3.63) is 82.7 Å². The maximum Gasteiger partial charge on any atom is 0.417 e. The highest BCUT2D eigenvalue weighted by Gasteiger charge is 2.32. The lowest BCUT2D eigenvalue weighted by Gasteiger charge is -2.15. The zero-order valence-electron chi connectivity index (χ0n) is 15.0. The third-order valence-corrected chi connectivity index (χ3v) is 6.54. The van der Waals surface area contributed by atoms with Crippen LogP contribution in [0.25, 0.3) is 0 Å². The van der Waals surface area contributed by atoms with Crippen molar-refractivity contribution >= 4 is 39.2 Å². The predicted molar refractivity (Wildman–Crippen MR) is 107 cm³/mol. The van der Waals surface area contributed by atoms with Crippen LogP contribution in [-0.4, -0.2) is 20.5 Å². The van der Waals surface area contributed by atoms with E-state index in [0.717, 1.165) is 23.6 Å². The van der Waals surface area contributed by atoms with E-state index >= 15 is 0 Å². The highest BCUT2D eigenvalue weighted by Crippen LogP contribution is 2.31. The molecule has 0 amide bonds. The first-order valence-electron chi connectivity index (χ1n) is 8.28. The van der Waals surface area contributed by atoms with Gasteiger partial charge in [0.1, 0.15) is 4.21 Å². The quantitative estimate of drug-likeness (QED) is 0.351. The number of anilines is 1. The Morgan fingerprint density at radius 2 is 1.73 bits per heavy atom. The number of para-hydroxylation sites is 1. The molecule has 0 atom stereocenters. The zero-order valence-corrected chi connectivity index (χ0v) is 16.6. The molecule has 0 aliphatic rings. The van der Waals surface area contributed by atoms with Crippen LogP contribution < -0.4 is 9.83 Å². The average molecular weight is 452 g/mol. The molecule has 0 spiro atoms. The summed E-state index contributed by atoms with van der Waals surface area (Å²) in [4.78, 5) is 0. The molecule has 1 aromatic heterocycles. The van der Waals surface area contributed by atoms with E-state index in [1.54, 1.807) is 11.4 Å². The number of nitrogens with one attached hydrogen (secondary N) is 1. The van der Waals surface area contributed by atoms with Gasteiger partial charge in [0.15, 0.2) is 0 Å². The van der Waals surface area contributed by atoms with E-state index in [1.807, 2.05) is 0 Å². The molecule has 0 bridgehead atoms. The van der Waals surface area contributed by atoms with Crippen LogP contribution in [0.1, 0.15) is 16.7 Å². The fraction of sp³-hybridized carbons (Fsp3) is 0.0526. The van der Waals surface area contributed by atoms with Crippen LogP contribution in [-0.2, 0) is 16.2 Å². The molecule has 1 heterocycles. The van der Waals surface area contributed by atoms with Gasteiger partial charge < -0.3 is 5.11 Å². The Kier molecular flexibility index (Phi) is 6.22. The van der Waals surface area contributed by atoms with Gasteiger partial charge in [-0.2, -0.15) is 23.4 Å².